The minimum absolute atomic E-state index is 0.140. The third-order valence-corrected chi connectivity index (χ3v) is 2.90. The second kappa shape index (κ2) is 5.00. The summed E-state index contributed by atoms with van der Waals surface area (Å²) in [4.78, 5) is 0. The van der Waals surface area contributed by atoms with E-state index in [0.717, 1.165) is 0 Å². The molecule has 100 valence electrons. The van der Waals surface area contributed by atoms with Crippen LogP contribution in [0.25, 0.3) is 10.8 Å². The van der Waals surface area contributed by atoms with Crippen LogP contribution in [0.2, 0.25) is 0 Å². The minimum atomic E-state index is -5.15. The van der Waals surface area contributed by atoms with Crippen LogP contribution in [0.3, 0.4) is 0 Å². The monoisotopic (exact) mass is 265 g/mol. The summed E-state index contributed by atoms with van der Waals surface area (Å²) in [5, 5.41) is 0.721. The third-order valence-electron chi connectivity index (χ3n) is 2.90. The van der Waals surface area contributed by atoms with Crippen LogP contribution >= 0.6 is 0 Å². The lowest BCUT2D eigenvalue weighted by Gasteiger charge is -2.23. The zero-order valence-electron chi connectivity index (χ0n) is 10.4. The van der Waals surface area contributed by atoms with Crippen LogP contribution in [0.4, 0.5) is 12.9 Å². The molecule has 0 saturated carbocycles. The Hall–Kier alpha value is -1.91. The van der Waals surface area contributed by atoms with E-state index in [1.54, 1.807) is 31.2 Å². The maximum Gasteiger partial charge on any atom is 0.513 e. The highest BCUT2D eigenvalue weighted by molar-refractivity contribution is 6.76. The molecule has 1 nitrogen and oxygen atoms in total. The normalized spacial score (nSPS) is 13.3. The van der Waals surface area contributed by atoms with Gasteiger partial charge in [-0.25, -0.2) is 0 Å². The summed E-state index contributed by atoms with van der Waals surface area (Å²) in [5.74, 6) is -0.140. The fraction of sp³-hybridized carbons (Fsp3) is 0.143. The Morgan fingerprint density at radius 3 is 2.47 bits per heavy atom. The van der Waals surface area contributed by atoms with Gasteiger partial charge >= 0.3 is 6.98 Å². The van der Waals surface area contributed by atoms with Crippen LogP contribution in [0.5, 0.6) is 5.75 Å². The molecule has 0 aliphatic heterocycles. The van der Waals surface area contributed by atoms with Crippen LogP contribution in [0, 0.1) is 0 Å². The first-order chi connectivity index (χ1) is 8.93. The zero-order valence-corrected chi connectivity index (χ0v) is 10.4. The fourth-order valence-electron chi connectivity index (χ4n) is 1.96. The van der Waals surface area contributed by atoms with Crippen molar-refractivity contribution in [3.05, 3.63) is 49.1 Å². The fourth-order valence-corrected chi connectivity index (χ4v) is 1.96. The summed E-state index contributed by atoms with van der Waals surface area (Å²) in [6.07, 6.45) is 0.987. The molecule has 0 spiro atoms. The van der Waals surface area contributed by atoms with E-state index in [9.17, 15) is 12.9 Å². The minimum Gasteiger partial charge on any atom is -0.490 e. The molecule has 0 aliphatic carbocycles. The van der Waals surface area contributed by atoms with Gasteiger partial charge in [0, 0.05) is 0 Å². The van der Waals surface area contributed by atoms with Gasteiger partial charge in [-0.1, -0.05) is 48.4 Å². The number of ether oxygens (including phenoxy) is 1. The highest BCUT2D eigenvalue weighted by atomic mass is 19.4. The highest BCUT2D eigenvalue weighted by Gasteiger charge is 2.31. The lowest BCUT2D eigenvalue weighted by molar-refractivity contribution is 0.271. The number of fused-ring (bicyclic) bond motifs is 1. The lowest BCUT2D eigenvalue weighted by atomic mass is 9.76. The quantitative estimate of drug-likeness (QED) is 0.602. The first kappa shape index (κ1) is 13.5. The van der Waals surface area contributed by atoms with Crippen molar-refractivity contribution in [1.29, 1.82) is 0 Å². The van der Waals surface area contributed by atoms with Gasteiger partial charge in [0.1, 0.15) is 6.10 Å². The summed E-state index contributed by atoms with van der Waals surface area (Å²) < 4.78 is 45.2. The number of benzene rings is 2. The molecule has 0 fully saturated rings. The molecule has 2 rings (SSSR count). The molecule has 0 aromatic heterocycles. The lowest BCUT2D eigenvalue weighted by Crippen LogP contribution is -2.36. The standard InChI is InChI=1S/C14H13BF3O/c1-3-10(2)19-13-9-8-11-6-4-5-7-12(11)14(13)15(16,17)18/h3-10H,1H2,2H3/q-1. The van der Waals surface area contributed by atoms with Crippen molar-refractivity contribution in [1.82, 2.24) is 0 Å². The van der Waals surface area contributed by atoms with Gasteiger partial charge in [-0.3, -0.25) is 0 Å². The molecule has 0 amide bonds. The second-order valence-corrected chi connectivity index (χ2v) is 4.33. The summed E-state index contributed by atoms with van der Waals surface area (Å²) in [6, 6.07) is 9.42. The smallest absolute Gasteiger partial charge is 0.490 e. The van der Waals surface area contributed by atoms with Gasteiger partial charge in [0.2, 0.25) is 0 Å². The van der Waals surface area contributed by atoms with Gasteiger partial charge in [0.15, 0.2) is 0 Å². The first-order valence-electron chi connectivity index (χ1n) is 5.94. The highest BCUT2D eigenvalue weighted by Crippen LogP contribution is 2.26. The van der Waals surface area contributed by atoms with Crippen LogP contribution < -0.4 is 10.2 Å². The van der Waals surface area contributed by atoms with Gasteiger partial charge in [-0.15, -0.1) is 0 Å². The van der Waals surface area contributed by atoms with Crippen molar-refractivity contribution in [3.63, 3.8) is 0 Å². The van der Waals surface area contributed by atoms with Gasteiger partial charge < -0.3 is 17.7 Å². The topological polar surface area (TPSA) is 9.23 Å². The molecule has 0 heterocycles. The van der Waals surface area contributed by atoms with Crippen molar-refractivity contribution >= 4 is 23.2 Å². The Morgan fingerprint density at radius 1 is 1.16 bits per heavy atom. The van der Waals surface area contributed by atoms with Crippen molar-refractivity contribution in [3.8, 4) is 5.75 Å². The molecule has 0 aliphatic rings. The Balaban J connectivity index is 2.67. The Labute approximate surface area is 109 Å². The molecule has 1 unspecified atom stereocenters. The number of rotatable bonds is 4. The largest absolute Gasteiger partial charge is 0.513 e. The van der Waals surface area contributed by atoms with E-state index in [4.69, 9.17) is 4.74 Å². The molecule has 5 heteroatoms. The summed E-state index contributed by atoms with van der Waals surface area (Å²) in [6.45, 7) is 0.0127. The number of hydrogen-bond acceptors (Lipinski definition) is 1. The summed E-state index contributed by atoms with van der Waals surface area (Å²) in [7, 11) is 0. The Morgan fingerprint density at radius 2 is 1.84 bits per heavy atom. The summed E-state index contributed by atoms with van der Waals surface area (Å²) in [5.41, 5.74) is -0.674. The molecule has 0 radical (unpaired) electrons. The molecule has 0 saturated heterocycles. The zero-order chi connectivity index (χ0) is 14.0. The Kier molecular flexibility index (Phi) is 3.56. The predicted octanol–water partition coefficient (Wildman–Crippen LogP) is 3.85. The molecule has 2 aromatic rings. The van der Waals surface area contributed by atoms with Gasteiger partial charge in [0.05, 0.1) is 5.75 Å². The molecular weight excluding hydrogens is 252 g/mol. The van der Waals surface area contributed by atoms with E-state index in [1.165, 1.54) is 18.2 Å². The van der Waals surface area contributed by atoms with Crippen molar-refractivity contribution in [2.24, 2.45) is 0 Å². The molecule has 0 bridgehead atoms. The van der Waals surface area contributed by atoms with Gasteiger partial charge in [-0.05, 0) is 23.8 Å². The van der Waals surface area contributed by atoms with E-state index in [2.05, 4.69) is 6.58 Å². The van der Waals surface area contributed by atoms with E-state index in [0.29, 0.717) is 5.39 Å². The van der Waals surface area contributed by atoms with Gasteiger partial charge in [0.25, 0.3) is 0 Å². The van der Waals surface area contributed by atoms with Gasteiger partial charge in [-0.2, -0.15) is 0 Å². The van der Waals surface area contributed by atoms with Crippen LogP contribution in [-0.2, 0) is 0 Å². The molecule has 0 N–H and O–H groups in total. The van der Waals surface area contributed by atoms with Crippen molar-refractivity contribution in [2.75, 3.05) is 0 Å². The molecule has 1 atom stereocenters. The number of hydrogen-bond donors (Lipinski definition) is 0. The predicted molar refractivity (Wildman–Crippen MR) is 72.9 cm³/mol. The molecular formula is C14H13BF3O-. The molecule has 19 heavy (non-hydrogen) atoms. The average molecular weight is 265 g/mol. The summed E-state index contributed by atoms with van der Waals surface area (Å²) >= 11 is 0. The second-order valence-electron chi connectivity index (χ2n) is 4.33. The van der Waals surface area contributed by atoms with E-state index >= 15 is 0 Å². The van der Waals surface area contributed by atoms with Crippen molar-refractivity contribution < 1.29 is 17.7 Å². The van der Waals surface area contributed by atoms with E-state index in [1.807, 2.05) is 0 Å². The average Bonchev–Trinajstić information content (AvgIpc) is 2.36. The maximum atomic E-state index is 13.3. The maximum absolute atomic E-state index is 13.3. The SMILES string of the molecule is C=CC(C)Oc1ccc2ccccc2c1[B-](F)(F)F. The molecule has 2 aromatic carbocycles. The first-order valence-corrected chi connectivity index (χ1v) is 5.94. The van der Waals surface area contributed by atoms with E-state index < -0.39 is 18.5 Å². The van der Waals surface area contributed by atoms with Crippen LogP contribution in [0.15, 0.2) is 49.1 Å². The van der Waals surface area contributed by atoms with Crippen LogP contribution in [0.1, 0.15) is 6.92 Å². The van der Waals surface area contributed by atoms with Crippen LogP contribution in [-0.4, -0.2) is 13.1 Å². The number of halogens is 3. The third kappa shape index (κ3) is 2.75. The Bertz CT molecular complexity index is 607. The van der Waals surface area contributed by atoms with Crippen molar-refractivity contribution in [2.45, 2.75) is 13.0 Å². The van der Waals surface area contributed by atoms with E-state index in [-0.39, 0.29) is 11.1 Å².